The number of methoxy groups -OCH3 is 1. The Kier molecular flexibility index (Phi) is 4.63. The molecule has 0 aliphatic rings. The fourth-order valence-corrected chi connectivity index (χ4v) is 2.50. The molecule has 1 atom stereocenters. The molecule has 0 bridgehead atoms. The maximum Gasteiger partial charge on any atom is 0.146 e. The molecule has 2 nitrogen and oxygen atoms in total. The Balaban J connectivity index is 2.50. The van der Waals surface area contributed by atoms with Crippen LogP contribution in [0.15, 0.2) is 36.4 Å². The quantitative estimate of drug-likeness (QED) is 0.916. The maximum atomic E-state index is 14.2. The zero-order valence-electron chi connectivity index (χ0n) is 11.7. The Bertz CT molecular complexity index is 615. The molecular weight excluding hydrogens is 277 g/mol. The van der Waals surface area contributed by atoms with Crippen LogP contribution in [0, 0.1) is 12.7 Å². The zero-order chi connectivity index (χ0) is 14.7. The van der Waals surface area contributed by atoms with Gasteiger partial charge >= 0.3 is 0 Å². The van der Waals surface area contributed by atoms with Crippen molar-refractivity contribution >= 4 is 11.6 Å². The molecule has 2 aromatic rings. The van der Waals surface area contributed by atoms with Crippen LogP contribution in [-0.4, -0.2) is 14.2 Å². The van der Waals surface area contributed by atoms with Crippen molar-refractivity contribution in [3.63, 3.8) is 0 Å². The molecule has 1 N–H and O–H groups in total. The molecule has 4 heteroatoms. The normalized spacial score (nSPS) is 12.2. The summed E-state index contributed by atoms with van der Waals surface area (Å²) < 4.78 is 19.4. The second kappa shape index (κ2) is 6.25. The molecule has 0 aliphatic heterocycles. The van der Waals surface area contributed by atoms with E-state index in [1.54, 1.807) is 32.4 Å². The highest BCUT2D eigenvalue weighted by molar-refractivity contribution is 6.30. The molecule has 0 aromatic heterocycles. The zero-order valence-corrected chi connectivity index (χ0v) is 12.5. The number of ether oxygens (including phenoxy) is 1. The van der Waals surface area contributed by atoms with Crippen molar-refractivity contribution in [3.05, 3.63) is 63.9 Å². The summed E-state index contributed by atoms with van der Waals surface area (Å²) in [5.41, 5.74) is 2.56. The number of aryl methyl sites for hydroxylation is 1. The summed E-state index contributed by atoms with van der Waals surface area (Å²) in [4.78, 5) is 0. The van der Waals surface area contributed by atoms with Crippen molar-refractivity contribution in [2.24, 2.45) is 0 Å². The number of hydrogen-bond donors (Lipinski definition) is 1. The van der Waals surface area contributed by atoms with E-state index in [1.165, 1.54) is 0 Å². The number of benzene rings is 2. The van der Waals surface area contributed by atoms with Crippen LogP contribution in [0.4, 0.5) is 4.39 Å². The largest absolute Gasteiger partial charge is 0.497 e. The predicted molar refractivity (Wildman–Crippen MR) is 80.0 cm³/mol. The molecule has 2 aromatic carbocycles. The van der Waals surface area contributed by atoms with E-state index in [2.05, 4.69) is 5.32 Å². The number of hydrogen-bond acceptors (Lipinski definition) is 2. The number of nitrogens with one attached hydrogen (secondary N) is 1. The van der Waals surface area contributed by atoms with Gasteiger partial charge in [0.2, 0.25) is 0 Å². The SMILES string of the molecule is CNC(c1ccc(OC)cc1C)c1cccc(Cl)c1F. The third kappa shape index (κ3) is 2.79. The van der Waals surface area contributed by atoms with Crippen LogP contribution in [-0.2, 0) is 0 Å². The van der Waals surface area contributed by atoms with E-state index in [0.29, 0.717) is 5.56 Å². The minimum atomic E-state index is -0.385. The summed E-state index contributed by atoms with van der Waals surface area (Å²) in [5, 5.41) is 3.27. The fraction of sp³-hybridized carbons (Fsp3) is 0.250. The van der Waals surface area contributed by atoms with Crippen LogP contribution in [0.2, 0.25) is 5.02 Å². The molecule has 1 unspecified atom stereocenters. The Morgan fingerprint density at radius 1 is 1.20 bits per heavy atom. The van der Waals surface area contributed by atoms with Gasteiger partial charge in [-0.3, -0.25) is 0 Å². The third-order valence-corrected chi connectivity index (χ3v) is 3.66. The second-order valence-electron chi connectivity index (χ2n) is 4.59. The highest BCUT2D eigenvalue weighted by atomic mass is 35.5. The number of halogens is 2. The van der Waals surface area contributed by atoms with Crippen LogP contribution < -0.4 is 10.1 Å². The van der Waals surface area contributed by atoms with E-state index in [4.69, 9.17) is 16.3 Å². The van der Waals surface area contributed by atoms with Gasteiger partial charge < -0.3 is 10.1 Å². The van der Waals surface area contributed by atoms with Gasteiger partial charge in [0.15, 0.2) is 0 Å². The lowest BCUT2D eigenvalue weighted by Crippen LogP contribution is -2.20. The molecule has 0 heterocycles. The summed E-state index contributed by atoms with van der Waals surface area (Å²) in [6.07, 6.45) is 0. The Hall–Kier alpha value is -1.58. The van der Waals surface area contributed by atoms with Crippen LogP contribution in [0.1, 0.15) is 22.7 Å². The van der Waals surface area contributed by atoms with Crippen LogP contribution in [0.3, 0.4) is 0 Å². The molecule has 0 radical (unpaired) electrons. The Morgan fingerprint density at radius 3 is 2.55 bits per heavy atom. The molecule has 2 rings (SSSR count). The van der Waals surface area contributed by atoms with Crippen molar-refractivity contribution in [1.82, 2.24) is 5.32 Å². The summed E-state index contributed by atoms with van der Waals surface area (Å²) in [5.74, 6) is 0.399. The van der Waals surface area contributed by atoms with Crippen LogP contribution in [0.25, 0.3) is 0 Å². The first kappa shape index (κ1) is 14.8. The molecule has 106 valence electrons. The van der Waals surface area contributed by atoms with Gasteiger partial charge in [-0.1, -0.05) is 29.8 Å². The van der Waals surface area contributed by atoms with E-state index in [-0.39, 0.29) is 16.9 Å². The van der Waals surface area contributed by atoms with Crippen molar-refractivity contribution in [1.29, 1.82) is 0 Å². The van der Waals surface area contributed by atoms with Crippen molar-refractivity contribution in [2.75, 3.05) is 14.2 Å². The lowest BCUT2D eigenvalue weighted by molar-refractivity contribution is 0.414. The predicted octanol–water partition coefficient (Wildman–Crippen LogP) is 4.10. The highest BCUT2D eigenvalue weighted by Crippen LogP contribution is 2.31. The number of rotatable bonds is 4. The Morgan fingerprint density at radius 2 is 1.95 bits per heavy atom. The van der Waals surface area contributed by atoms with Crippen LogP contribution >= 0.6 is 11.6 Å². The van der Waals surface area contributed by atoms with Gasteiger partial charge in [-0.15, -0.1) is 0 Å². The molecule has 0 aliphatic carbocycles. The van der Waals surface area contributed by atoms with Crippen molar-refractivity contribution < 1.29 is 9.13 Å². The van der Waals surface area contributed by atoms with E-state index < -0.39 is 0 Å². The maximum absolute atomic E-state index is 14.2. The topological polar surface area (TPSA) is 21.3 Å². The van der Waals surface area contributed by atoms with E-state index in [9.17, 15) is 4.39 Å². The first-order valence-electron chi connectivity index (χ1n) is 6.34. The molecule has 20 heavy (non-hydrogen) atoms. The van der Waals surface area contributed by atoms with E-state index >= 15 is 0 Å². The summed E-state index contributed by atoms with van der Waals surface area (Å²) >= 11 is 5.87. The monoisotopic (exact) mass is 293 g/mol. The van der Waals surface area contributed by atoms with Crippen LogP contribution in [0.5, 0.6) is 5.75 Å². The molecule has 0 spiro atoms. The lowest BCUT2D eigenvalue weighted by atomic mass is 9.94. The van der Waals surface area contributed by atoms with Gasteiger partial charge in [-0.25, -0.2) is 4.39 Å². The smallest absolute Gasteiger partial charge is 0.146 e. The second-order valence-corrected chi connectivity index (χ2v) is 4.99. The van der Waals surface area contributed by atoms with Gasteiger partial charge in [-0.2, -0.15) is 0 Å². The fourth-order valence-electron chi connectivity index (χ4n) is 2.32. The minimum absolute atomic E-state index is 0.133. The molecule has 0 amide bonds. The highest BCUT2D eigenvalue weighted by Gasteiger charge is 2.19. The molecule has 0 fully saturated rings. The van der Waals surface area contributed by atoms with Gasteiger partial charge in [0.25, 0.3) is 0 Å². The van der Waals surface area contributed by atoms with E-state index in [0.717, 1.165) is 16.9 Å². The average Bonchev–Trinajstić information content (AvgIpc) is 2.45. The van der Waals surface area contributed by atoms with Crippen molar-refractivity contribution in [2.45, 2.75) is 13.0 Å². The molecule has 0 saturated heterocycles. The molecule has 0 saturated carbocycles. The summed E-state index contributed by atoms with van der Waals surface area (Å²) in [6, 6.07) is 10.5. The third-order valence-electron chi connectivity index (χ3n) is 3.37. The average molecular weight is 294 g/mol. The summed E-state index contributed by atoms with van der Waals surface area (Å²) in [7, 11) is 3.43. The first-order chi connectivity index (χ1) is 9.58. The van der Waals surface area contributed by atoms with Gasteiger partial charge in [-0.05, 0) is 43.3 Å². The van der Waals surface area contributed by atoms with E-state index in [1.807, 2.05) is 25.1 Å². The first-order valence-corrected chi connectivity index (χ1v) is 6.72. The van der Waals surface area contributed by atoms with Gasteiger partial charge in [0.1, 0.15) is 11.6 Å². The Labute approximate surface area is 123 Å². The lowest BCUT2D eigenvalue weighted by Gasteiger charge is -2.21. The molecular formula is C16H17ClFNO. The minimum Gasteiger partial charge on any atom is -0.497 e. The van der Waals surface area contributed by atoms with Crippen molar-refractivity contribution in [3.8, 4) is 5.75 Å². The standard InChI is InChI=1S/C16H17ClFNO/c1-10-9-11(20-3)7-8-12(10)16(19-2)13-5-4-6-14(17)15(13)18/h4-9,16,19H,1-3H3. The van der Waals surface area contributed by atoms with Gasteiger partial charge in [0, 0.05) is 5.56 Å². The summed E-state index contributed by atoms with van der Waals surface area (Å²) in [6.45, 7) is 1.98. The van der Waals surface area contributed by atoms with Gasteiger partial charge in [0.05, 0.1) is 18.2 Å².